The summed E-state index contributed by atoms with van der Waals surface area (Å²) in [6, 6.07) is -0.883. The first-order chi connectivity index (χ1) is 46.3. The zero-order chi connectivity index (χ0) is 68.9. The van der Waals surface area contributed by atoms with Crippen LogP contribution in [0.15, 0.2) is 0 Å². The summed E-state index contributed by atoms with van der Waals surface area (Å²) in [5.74, 6) is -0.233. The number of hydrogen-bond acceptors (Lipinski definition) is 18. The van der Waals surface area contributed by atoms with E-state index in [0.717, 1.165) is 44.9 Å². The van der Waals surface area contributed by atoms with Gasteiger partial charge in [-0.25, -0.2) is 0 Å². The topological polar surface area (TPSA) is 307 Å². The lowest BCUT2D eigenvalue weighted by molar-refractivity contribution is -0.379. The molecule has 19 nitrogen and oxygen atoms in total. The molecular formula is C76H147NO18. The number of ether oxygens (including phenoxy) is 6. The molecule has 3 fully saturated rings. The minimum absolute atomic E-state index is 0.233. The summed E-state index contributed by atoms with van der Waals surface area (Å²) >= 11 is 0. The van der Waals surface area contributed by atoms with Crippen LogP contribution in [0.25, 0.3) is 0 Å². The molecule has 12 N–H and O–H groups in total. The first-order valence-electron chi connectivity index (χ1n) is 39.8. The van der Waals surface area contributed by atoms with E-state index in [4.69, 9.17) is 28.4 Å². The average Bonchev–Trinajstić information content (AvgIpc) is 0.787. The molecule has 95 heavy (non-hydrogen) atoms. The lowest BCUT2D eigenvalue weighted by Crippen LogP contribution is -2.66. The van der Waals surface area contributed by atoms with Gasteiger partial charge in [0.05, 0.1) is 38.6 Å². The molecule has 0 radical (unpaired) electrons. The third-order valence-corrected chi connectivity index (χ3v) is 20.4. The van der Waals surface area contributed by atoms with E-state index in [1.54, 1.807) is 0 Å². The van der Waals surface area contributed by atoms with Crippen molar-refractivity contribution in [3.63, 3.8) is 0 Å². The molecule has 564 valence electrons. The molecule has 1 amide bonds. The Morgan fingerprint density at radius 2 is 0.600 bits per heavy atom. The number of unbranched alkanes of at least 4 members (excludes halogenated alkanes) is 48. The number of amides is 1. The van der Waals surface area contributed by atoms with E-state index < -0.39 is 124 Å². The summed E-state index contributed by atoms with van der Waals surface area (Å²) in [6.07, 6.45) is 39.1. The van der Waals surface area contributed by atoms with Gasteiger partial charge in [-0.2, -0.15) is 0 Å². The number of aliphatic hydroxyl groups is 11. The molecule has 0 aromatic rings. The highest BCUT2D eigenvalue weighted by atomic mass is 16.8. The van der Waals surface area contributed by atoms with Crippen LogP contribution in [0.2, 0.25) is 0 Å². The van der Waals surface area contributed by atoms with Crippen LogP contribution in [0.1, 0.15) is 348 Å². The van der Waals surface area contributed by atoms with Gasteiger partial charge in [0.25, 0.3) is 0 Å². The fraction of sp³-hybridized carbons (Fsp3) is 0.987. The van der Waals surface area contributed by atoms with Gasteiger partial charge in [0.2, 0.25) is 5.91 Å². The van der Waals surface area contributed by atoms with E-state index in [0.29, 0.717) is 12.8 Å². The molecule has 3 aliphatic heterocycles. The molecule has 19 heteroatoms. The van der Waals surface area contributed by atoms with Crippen molar-refractivity contribution in [1.29, 1.82) is 0 Å². The SMILES string of the molecule is CCCCCCCCCCCCCCCCCCCCCCCCCCCCCCCCCC(=O)NC(COC1OC(CO)C(OC2OC(CO)C(OC3OC(CO)C(O)C(O)C3O)C(O)C2O)C(O)C1O)C(O)CCCCCCCCCCCCCCCCCCCCC. The van der Waals surface area contributed by atoms with E-state index >= 15 is 0 Å². The Labute approximate surface area is 576 Å². The van der Waals surface area contributed by atoms with Crippen molar-refractivity contribution in [3.8, 4) is 0 Å². The molecule has 3 heterocycles. The summed E-state index contributed by atoms with van der Waals surface area (Å²) in [4.78, 5) is 13.5. The second-order valence-corrected chi connectivity index (χ2v) is 28.9. The number of carbonyl (C=O) groups is 1. The maximum Gasteiger partial charge on any atom is 0.220 e. The predicted molar refractivity (Wildman–Crippen MR) is 374 cm³/mol. The number of aliphatic hydroxyl groups excluding tert-OH is 11. The van der Waals surface area contributed by atoms with Crippen molar-refractivity contribution in [3.05, 3.63) is 0 Å². The minimum atomic E-state index is -1.97. The summed E-state index contributed by atoms with van der Waals surface area (Å²) in [6.45, 7) is 1.87. The molecule has 0 saturated carbocycles. The first kappa shape index (κ1) is 88.0. The standard InChI is InChI=1S/C76H147NO18/c1-3-5-7-9-11-13-15-17-19-21-23-24-25-26-27-28-29-30-31-32-33-34-36-38-40-42-44-46-48-50-52-54-64(82)77-59(60(81)53-51-49-47-45-43-41-39-37-35-22-20-18-16-14-12-10-8-6-4-2)58-90-74-70(88)67(85)72(62(56-79)92-74)95-76-71(89)68(86)73(63(57-80)93-76)94-75-69(87)66(84)65(83)61(55-78)91-75/h59-63,65-76,78-81,83-89H,3-58H2,1-2H3,(H,77,82). The zero-order valence-corrected chi connectivity index (χ0v) is 60.2. The number of rotatable bonds is 64. The van der Waals surface area contributed by atoms with Crippen LogP contribution in [0, 0.1) is 0 Å². The summed E-state index contributed by atoms with van der Waals surface area (Å²) in [5, 5.41) is 121. The number of nitrogens with one attached hydrogen (secondary N) is 1. The van der Waals surface area contributed by atoms with Crippen molar-refractivity contribution in [2.45, 2.75) is 452 Å². The first-order valence-corrected chi connectivity index (χ1v) is 39.8. The largest absolute Gasteiger partial charge is 0.394 e. The maximum absolute atomic E-state index is 13.5. The predicted octanol–water partition coefficient (Wildman–Crippen LogP) is 12.6. The molecule has 3 saturated heterocycles. The van der Waals surface area contributed by atoms with E-state index in [1.807, 2.05) is 0 Å². The van der Waals surface area contributed by atoms with Crippen molar-refractivity contribution in [2.75, 3.05) is 26.4 Å². The van der Waals surface area contributed by atoms with Crippen molar-refractivity contribution >= 4 is 5.91 Å². The molecule has 17 unspecified atom stereocenters. The Kier molecular flexibility index (Phi) is 54.0. The second kappa shape index (κ2) is 58.3. The van der Waals surface area contributed by atoms with E-state index in [2.05, 4.69) is 19.2 Å². The Morgan fingerprint density at radius 1 is 0.337 bits per heavy atom. The fourth-order valence-corrected chi connectivity index (χ4v) is 14.0. The van der Waals surface area contributed by atoms with Crippen LogP contribution < -0.4 is 5.32 Å². The quantitative estimate of drug-likeness (QED) is 0.0252. The highest BCUT2D eigenvalue weighted by molar-refractivity contribution is 5.76. The van der Waals surface area contributed by atoms with E-state index in [1.165, 1.54) is 270 Å². The zero-order valence-electron chi connectivity index (χ0n) is 60.2. The van der Waals surface area contributed by atoms with Crippen LogP contribution in [-0.4, -0.2) is 193 Å². The monoisotopic (exact) mass is 1360 g/mol. The van der Waals surface area contributed by atoms with Gasteiger partial charge in [-0.05, 0) is 12.8 Å². The van der Waals surface area contributed by atoms with E-state index in [9.17, 15) is 61.0 Å². The fourth-order valence-electron chi connectivity index (χ4n) is 14.0. The molecule has 0 aromatic heterocycles. The third kappa shape index (κ3) is 39.1. The third-order valence-electron chi connectivity index (χ3n) is 20.4. The van der Waals surface area contributed by atoms with Gasteiger partial charge in [-0.15, -0.1) is 0 Å². The van der Waals surface area contributed by atoms with Crippen LogP contribution >= 0.6 is 0 Å². The summed E-state index contributed by atoms with van der Waals surface area (Å²) < 4.78 is 34.5. The average molecular weight is 1360 g/mol. The molecule has 0 aromatic carbocycles. The van der Waals surface area contributed by atoms with Crippen molar-refractivity contribution in [2.24, 2.45) is 0 Å². The van der Waals surface area contributed by atoms with Crippen LogP contribution in [0.4, 0.5) is 0 Å². The minimum Gasteiger partial charge on any atom is -0.394 e. The maximum atomic E-state index is 13.5. The van der Waals surface area contributed by atoms with Gasteiger partial charge in [0.1, 0.15) is 73.2 Å². The summed E-state index contributed by atoms with van der Waals surface area (Å²) in [7, 11) is 0. The van der Waals surface area contributed by atoms with Crippen LogP contribution in [0.5, 0.6) is 0 Å². The van der Waals surface area contributed by atoms with Crippen LogP contribution in [-0.2, 0) is 33.2 Å². The van der Waals surface area contributed by atoms with Crippen molar-refractivity contribution in [1.82, 2.24) is 5.32 Å². The number of hydrogen-bond donors (Lipinski definition) is 12. The Hall–Kier alpha value is -1.21. The van der Waals surface area contributed by atoms with E-state index in [-0.39, 0.29) is 18.9 Å². The van der Waals surface area contributed by atoms with Gasteiger partial charge in [-0.1, -0.05) is 328 Å². The van der Waals surface area contributed by atoms with Gasteiger partial charge in [-0.3, -0.25) is 4.79 Å². The number of carbonyl (C=O) groups excluding carboxylic acids is 1. The molecule has 3 aliphatic rings. The van der Waals surface area contributed by atoms with Gasteiger partial charge in [0.15, 0.2) is 18.9 Å². The highest BCUT2D eigenvalue weighted by Crippen LogP contribution is 2.33. The molecule has 0 bridgehead atoms. The molecule has 17 atom stereocenters. The molecule has 0 spiro atoms. The van der Waals surface area contributed by atoms with Gasteiger partial charge in [0, 0.05) is 6.42 Å². The Bertz CT molecular complexity index is 1720. The Balaban J connectivity index is 1.35. The van der Waals surface area contributed by atoms with Gasteiger partial charge < -0.3 is 89.9 Å². The normalized spacial score (nSPS) is 27.1. The van der Waals surface area contributed by atoms with Gasteiger partial charge >= 0.3 is 0 Å². The highest BCUT2D eigenvalue weighted by Gasteiger charge is 2.54. The molecule has 0 aliphatic carbocycles. The summed E-state index contributed by atoms with van der Waals surface area (Å²) in [5.41, 5.74) is 0. The molecular weight excluding hydrogens is 1210 g/mol. The van der Waals surface area contributed by atoms with Crippen LogP contribution in [0.3, 0.4) is 0 Å². The smallest absolute Gasteiger partial charge is 0.220 e. The molecule has 3 rings (SSSR count). The lowest BCUT2D eigenvalue weighted by Gasteiger charge is -2.48. The lowest BCUT2D eigenvalue weighted by atomic mass is 9.96. The second-order valence-electron chi connectivity index (χ2n) is 28.9. The van der Waals surface area contributed by atoms with Crippen molar-refractivity contribution < 1.29 is 89.4 Å². The Morgan fingerprint density at radius 3 is 0.916 bits per heavy atom.